The van der Waals surface area contributed by atoms with E-state index in [4.69, 9.17) is 15.2 Å². The second-order valence-electron chi connectivity index (χ2n) is 5.18. The van der Waals surface area contributed by atoms with Crippen LogP contribution in [0, 0.1) is 5.41 Å². The van der Waals surface area contributed by atoms with Crippen LogP contribution in [0.1, 0.15) is 39.5 Å². The summed E-state index contributed by atoms with van der Waals surface area (Å²) in [4.78, 5) is 0. The molecule has 0 aromatic heterocycles. The van der Waals surface area contributed by atoms with Crippen LogP contribution < -0.4 is 5.73 Å². The predicted octanol–water partition coefficient (Wildman–Crippen LogP) is 1.95. The molecule has 90 valence electrons. The lowest BCUT2D eigenvalue weighted by Gasteiger charge is -2.22. The van der Waals surface area contributed by atoms with Crippen molar-refractivity contribution in [3.05, 3.63) is 0 Å². The van der Waals surface area contributed by atoms with Gasteiger partial charge >= 0.3 is 0 Å². The van der Waals surface area contributed by atoms with E-state index in [2.05, 4.69) is 13.8 Å². The highest BCUT2D eigenvalue weighted by molar-refractivity contribution is 4.69. The molecule has 0 aliphatic carbocycles. The molecule has 1 aliphatic heterocycles. The Morgan fingerprint density at radius 1 is 1.40 bits per heavy atom. The second-order valence-corrected chi connectivity index (χ2v) is 5.18. The summed E-state index contributed by atoms with van der Waals surface area (Å²) < 4.78 is 10.9. The minimum absolute atomic E-state index is 0.288. The number of hydrogen-bond donors (Lipinski definition) is 1. The van der Waals surface area contributed by atoms with Crippen LogP contribution in [-0.2, 0) is 9.47 Å². The molecule has 1 aliphatic rings. The van der Waals surface area contributed by atoms with Crippen LogP contribution in [0.15, 0.2) is 0 Å². The lowest BCUT2D eigenvalue weighted by molar-refractivity contribution is 0.0397. The molecule has 1 unspecified atom stereocenters. The van der Waals surface area contributed by atoms with Gasteiger partial charge in [-0.05, 0) is 31.2 Å². The number of hydrogen-bond acceptors (Lipinski definition) is 3. The third kappa shape index (κ3) is 5.50. The van der Waals surface area contributed by atoms with Crippen molar-refractivity contribution in [1.29, 1.82) is 0 Å². The average molecular weight is 215 g/mol. The van der Waals surface area contributed by atoms with Gasteiger partial charge in [0.2, 0.25) is 0 Å². The van der Waals surface area contributed by atoms with Crippen molar-refractivity contribution in [2.24, 2.45) is 11.1 Å². The first-order valence-electron chi connectivity index (χ1n) is 6.03. The standard InChI is InChI=1S/C12H25NO2/c1-12(2,10-13)6-3-4-7-15-11-5-8-14-9-11/h11H,3-10,13H2,1-2H3. The van der Waals surface area contributed by atoms with E-state index in [0.29, 0.717) is 6.10 Å². The van der Waals surface area contributed by atoms with Gasteiger partial charge in [0.05, 0.1) is 12.7 Å². The fourth-order valence-corrected chi connectivity index (χ4v) is 1.70. The summed E-state index contributed by atoms with van der Waals surface area (Å²) in [6, 6.07) is 0. The van der Waals surface area contributed by atoms with E-state index in [1.165, 1.54) is 12.8 Å². The van der Waals surface area contributed by atoms with Gasteiger partial charge in [-0.2, -0.15) is 0 Å². The highest BCUT2D eigenvalue weighted by Crippen LogP contribution is 2.21. The summed E-state index contributed by atoms with van der Waals surface area (Å²) in [5.41, 5.74) is 5.96. The summed E-state index contributed by atoms with van der Waals surface area (Å²) in [6.45, 7) is 7.73. The number of nitrogens with two attached hydrogens (primary N) is 1. The number of ether oxygens (including phenoxy) is 2. The Kier molecular flexibility index (Phi) is 5.58. The van der Waals surface area contributed by atoms with Crippen LogP contribution >= 0.6 is 0 Å². The van der Waals surface area contributed by atoms with Crippen molar-refractivity contribution in [2.45, 2.75) is 45.6 Å². The third-order valence-electron chi connectivity index (χ3n) is 3.04. The summed E-state index contributed by atoms with van der Waals surface area (Å²) in [5, 5.41) is 0. The molecule has 0 aromatic rings. The quantitative estimate of drug-likeness (QED) is 0.660. The minimum Gasteiger partial charge on any atom is -0.379 e. The summed E-state index contributed by atoms with van der Waals surface area (Å²) in [6.07, 6.45) is 4.95. The Hall–Kier alpha value is -0.120. The van der Waals surface area contributed by atoms with Crippen LogP contribution in [-0.4, -0.2) is 32.5 Å². The van der Waals surface area contributed by atoms with Gasteiger partial charge in [-0.1, -0.05) is 20.3 Å². The van der Waals surface area contributed by atoms with Crippen molar-refractivity contribution in [2.75, 3.05) is 26.4 Å². The summed E-state index contributed by atoms with van der Waals surface area (Å²) in [5.74, 6) is 0. The van der Waals surface area contributed by atoms with Gasteiger partial charge in [-0.15, -0.1) is 0 Å². The van der Waals surface area contributed by atoms with Crippen molar-refractivity contribution in [3.8, 4) is 0 Å². The van der Waals surface area contributed by atoms with Gasteiger partial charge < -0.3 is 15.2 Å². The lowest BCUT2D eigenvalue weighted by Crippen LogP contribution is -2.23. The van der Waals surface area contributed by atoms with Gasteiger partial charge in [-0.25, -0.2) is 0 Å². The first-order valence-corrected chi connectivity index (χ1v) is 6.03. The van der Waals surface area contributed by atoms with E-state index in [-0.39, 0.29) is 5.41 Å². The molecule has 0 amide bonds. The van der Waals surface area contributed by atoms with Crippen molar-refractivity contribution in [1.82, 2.24) is 0 Å². The Bertz CT molecular complexity index is 165. The van der Waals surface area contributed by atoms with Crippen LogP contribution in [0.25, 0.3) is 0 Å². The maximum absolute atomic E-state index is 5.70. The van der Waals surface area contributed by atoms with Crippen LogP contribution in [0.2, 0.25) is 0 Å². The van der Waals surface area contributed by atoms with E-state index in [1.54, 1.807) is 0 Å². The first kappa shape index (κ1) is 12.9. The zero-order valence-electron chi connectivity index (χ0n) is 10.1. The molecule has 1 atom stereocenters. The van der Waals surface area contributed by atoms with Crippen molar-refractivity contribution in [3.63, 3.8) is 0 Å². The molecule has 0 aromatic carbocycles. The van der Waals surface area contributed by atoms with Crippen LogP contribution in [0.5, 0.6) is 0 Å². The van der Waals surface area contributed by atoms with E-state index >= 15 is 0 Å². The molecule has 0 saturated carbocycles. The maximum atomic E-state index is 5.70. The van der Waals surface area contributed by atoms with Gasteiger partial charge in [0, 0.05) is 13.2 Å². The highest BCUT2D eigenvalue weighted by Gasteiger charge is 2.16. The number of rotatable bonds is 7. The Morgan fingerprint density at radius 2 is 2.20 bits per heavy atom. The zero-order chi connectivity index (χ0) is 11.1. The molecule has 3 heteroatoms. The van der Waals surface area contributed by atoms with Crippen LogP contribution in [0.4, 0.5) is 0 Å². The summed E-state index contributed by atoms with van der Waals surface area (Å²) in [7, 11) is 0. The smallest absolute Gasteiger partial charge is 0.0830 e. The van der Waals surface area contributed by atoms with Gasteiger partial charge in [0.25, 0.3) is 0 Å². The Balaban J connectivity index is 1.92. The van der Waals surface area contributed by atoms with Gasteiger partial charge in [0.15, 0.2) is 0 Å². The van der Waals surface area contributed by atoms with E-state index in [0.717, 1.165) is 39.2 Å². The van der Waals surface area contributed by atoms with Crippen LogP contribution in [0.3, 0.4) is 0 Å². The fourth-order valence-electron chi connectivity index (χ4n) is 1.70. The van der Waals surface area contributed by atoms with Crippen molar-refractivity contribution < 1.29 is 9.47 Å². The topological polar surface area (TPSA) is 44.5 Å². The molecule has 15 heavy (non-hydrogen) atoms. The molecule has 1 fully saturated rings. The molecule has 2 N–H and O–H groups in total. The maximum Gasteiger partial charge on any atom is 0.0830 e. The van der Waals surface area contributed by atoms with E-state index < -0.39 is 0 Å². The lowest BCUT2D eigenvalue weighted by atomic mass is 9.87. The van der Waals surface area contributed by atoms with Gasteiger partial charge in [-0.3, -0.25) is 0 Å². The van der Waals surface area contributed by atoms with E-state index in [9.17, 15) is 0 Å². The average Bonchev–Trinajstić information content (AvgIpc) is 2.70. The predicted molar refractivity (Wildman–Crippen MR) is 61.9 cm³/mol. The summed E-state index contributed by atoms with van der Waals surface area (Å²) >= 11 is 0. The normalized spacial score (nSPS) is 22.2. The fraction of sp³-hybridized carbons (Fsp3) is 1.00. The SMILES string of the molecule is CC(C)(CN)CCCCOC1CCOC1. The first-order chi connectivity index (χ1) is 7.14. The molecular weight excluding hydrogens is 190 g/mol. The molecule has 3 nitrogen and oxygen atoms in total. The largest absolute Gasteiger partial charge is 0.379 e. The second kappa shape index (κ2) is 6.46. The van der Waals surface area contributed by atoms with Gasteiger partial charge in [0.1, 0.15) is 0 Å². The van der Waals surface area contributed by atoms with Crippen molar-refractivity contribution >= 4 is 0 Å². The Morgan fingerprint density at radius 3 is 2.80 bits per heavy atom. The van der Waals surface area contributed by atoms with E-state index in [1.807, 2.05) is 0 Å². The monoisotopic (exact) mass is 215 g/mol. The molecule has 1 heterocycles. The highest BCUT2D eigenvalue weighted by atomic mass is 16.5. The molecule has 1 rings (SSSR count). The molecule has 0 spiro atoms. The zero-order valence-corrected chi connectivity index (χ0v) is 10.1. The molecular formula is C12H25NO2. The molecule has 0 radical (unpaired) electrons. The number of unbranched alkanes of at least 4 members (excludes halogenated alkanes) is 1. The Labute approximate surface area is 93.3 Å². The molecule has 0 bridgehead atoms. The third-order valence-corrected chi connectivity index (χ3v) is 3.04. The minimum atomic E-state index is 0.288. The molecule has 1 saturated heterocycles.